The van der Waals surface area contributed by atoms with E-state index in [-0.39, 0.29) is 4.90 Å². The number of rotatable bonds is 3. The summed E-state index contributed by atoms with van der Waals surface area (Å²) in [5, 5.41) is 12.1. The molecule has 1 aromatic carbocycles. The van der Waals surface area contributed by atoms with Crippen LogP contribution in [0.2, 0.25) is 0 Å². The Morgan fingerprint density at radius 3 is 2.43 bits per heavy atom. The summed E-state index contributed by atoms with van der Waals surface area (Å²) in [6.07, 6.45) is 4.97. The molecule has 0 aliphatic rings. The van der Waals surface area contributed by atoms with Gasteiger partial charge >= 0.3 is 0 Å². The lowest BCUT2D eigenvalue weighted by molar-refractivity contribution is 0.598. The van der Waals surface area contributed by atoms with Crippen molar-refractivity contribution in [1.82, 2.24) is 15.2 Å². The van der Waals surface area contributed by atoms with Gasteiger partial charge in [-0.2, -0.15) is 5.10 Å². The van der Waals surface area contributed by atoms with Crippen LogP contribution >= 0.6 is 0 Å². The van der Waals surface area contributed by atoms with Crippen LogP contribution in [0.15, 0.2) is 59.9 Å². The van der Waals surface area contributed by atoms with Crippen LogP contribution in [-0.4, -0.2) is 23.6 Å². The number of sulfonamides is 1. The highest BCUT2D eigenvalue weighted by atomic mass is 32.2. The molecule has 0 aliphatic heterocycles. The fourth-order valence-electron chi connectivity index (χ4n) is 2.16. The largest absolute Gasteiger partial charge is 0.277 e. The van der Waals surface area contributed by atoms with E-state index >= 15 is 0 Å². The summed E-state index contributed by atoms with van der Waals surface area (Å²) in [4.78, 5) is 4.03. The van der Waals surface area contributed by atoms with Gasteiger partial charge < -0.3 is 0 Å². The van der Waals surface area contributed by atoms with Gasteiger partial charge in [0.15, 0.2) is 0 Å². The zero-order valence-corrected chi connectivity index (χ0v) is 11.7. The van der Waals surface area contributed by atoms with Crippen molar-refractivity contribution in [3.05, 3.63) is 55.0 Å². The van der Waals surface area contributed by atoms with Gasteiger partial charge in [0.1, 0.15) is 0 Å². The van der Waals surface area contributed by atoms with E-state index in [2.05, 4.69) is 15.2 Å². The number of hydrogen-bond donors (Lipinski definition) is 2. The molecule has 106 valence electrons. The summed E-state index contributed by atoms with van der Waals surface area (Å²) >= 11 is 0. The van der Waals surface area contributed by atoms with Crippen molar-refractivity contribution in [3.63, 3.8) is 0 Å². The third-order valence-electron chi connectivity index (χ3n) is 3.09. The lowest BCUT2D eigenvalue weighted by atomic mass is 10.0. The molecule has 0 fully saturated rings. The average molecular weight is 300 g/mol. The van der Waals surface area contributed by atoms with Crippen LogP contribution in [0.3, 0.4) is 0 Å². The van der Waals surface area contributed by atoms with Crippen molar-refractivity contribution in [3.8, 4) is 22.4 Å². The number of primary sulfonamides is 1. The Balaban J connectivity index is 2.23. The maximum Gasteiger partial charge on any atom is 0.238 e. The summed E-state index contributed by atoms with van der Waals surface area (Å²) in [5.41, 5.74) is 2.77. The highest BCUT2D eigenvalue weighted by molar-refractivity contribution is 7.89. The van der Waals surface area contributed by atoms with Crippen LogP contribution in [0.4, 0.5) is 0 Å². The van der Waals surface area contributed by atoms with Gasteiger partial charge in [-0.1, -0.05) is 18.2 Å². The summed E-state index contributed by atoms with van der Waals surface area (Å²) in [6.45, 7) is 0. The third kappa shape index (κ3) is 2.56. The molecular weight excluding hydrogens is 288 g/mol. The first-order valence-corrected chi connectivity index (χ1v) is 7.68. The quantitative estimate of drug-likeness (QED) is 0.769. The number of H-pyrrole nitrogens is 1. The van der Waals surface area contributed by atoms with E-state index < -0.39 is 10.0 Å². The number of hydrogen-bond acceptors (Lipinski definition) is 4. The lowest BCUT2D eigenvalue weighted by Crippen LogP contribution is -2.13. The molecule has 2 aromatic heterocycles. The fourth-order valence-corrected chi connectivity index (χ4v) is 2.91. The van der Waals surface area contributed by atoms with Crippen molar-refractivity contribution in [1.29, 1.82) is 0 Å². The minimum atomic E-state index is -3.82. The Kier molecular flexibility index (Phi) is 3.28. The van der Waals surface area contributed by atoms with Gasteiger partial charge in [-0.05, 0) is 23.8 Å². The number of nitrogens with zero attached hydrogens (tertiary/aromatic N) is 2. The summed E-state index contributed by atoms with van der Waals surface area (Å²) in [7, 11) is -3.82. The molecule has 21 heavy (non-hydrogen) atoms. The van der Waals surface area contributed by atoms with Gasteiger partial charge in [-0.15, -0.1) is 0 Å². The molecule has 3 aromatic rings. The minimum Gasteiger partial charge on any atom is -0.277 e. The van der Waals surface area contributed by atoms with Crippen molar-refractivity contribution in [2.24, 2.45) is 5.14 Å². The van der Waals surface area contributed by atoms with Crippen LogP contribution in [0, 0.1) is 0 Å². The molecular formula is C14H12N4O2S. The second-order valence-corrected chi connectivity index (χ2v) is 5.97. The molecule has 0 aliphatic carbocycles. The van der Waals surface area contributed by atoms with E-state index in [4.69, 9.17) is 5.14 Å². The number of nitrogens with two attached hydrogens (primary N) is 1. The minimum absolute atomic E-state index is 0.0598. The van der Waals surface area contributed by atoms with Crippen LogP contribution in [0.5, 0.6) is 0 Å². The normalized spacial score (nSPS) is 11.5. The summed E-state index contributed by atoms with van der Waals surface area (Å²) < 4.78 is 23.5. The maximum atomic E-state index is 11.7. The number of pyridine rings is 1. The first-order chi connectivity index (χ1) is 10.1. The molecule has 0 unspecified atom stereocenters. The second-order valence-electron chi connectivity index (χ2n) is 4.44. The van der Waals surface area contributed by atoms with Crippen LogP contribution in [0.1, 0.15) is 0 Å². The highest BCUT2D eigenvalue weighted by Gasteiger charge is 2.18. The van der Waals surface area contributed by atoms with E-state index in [1.54, 1.807) is 36.8 Å². The third-order valence-corrected chi connectivity index (χ3v) is 4.06. The smallest absolute Gasteiger partial charge is 0.238 e. The molecule has 0 spiro atoms. The highest BCUT2D eigenvalue weighted by Crippen LogP contribution is 2.33. The Morgan fingerprint density at radius 2 is 1.71 bits per heavy atom. The topological polar surface area (TPSA) is 102 Å². The standard InChI is InChI=1S/C14H12N4O2S/c15-21(19,20)13-4-2-1-3-11(13)14-12(9-17-18-14)10-5-7-16-8-6-10/h1-9H,(H,17,18)(H2,15,19,20). The molecule has 7 heteroatoms. The number of nitrogens with one attached hydrogen (secondary N) is 1. The lowest BCUT2D eigenvalue weighted by Gasteiger charge is -2.08. The molecule has 0 saturated heterocycles. The van der Waals surface area contributed by atoms with E-state index in [1.165, 1.54) is 6.07 Å². The predicted octanol–water partition coefficient (Wildman–Crippen LogP) is 1.79. The first kappa shape index (κ1) is 13.5. The Hall–Kier alpha value is -2.51. The average Bonchev–Trinajstić information content (AvgIpc) is 2.96. The molecule has 0 atom stereocenters. The monoisotopic (exact) mass is 300 g/mol. The number of aromatic nitrogens is 3. The molecule has 2 heterocycles. The molecule has 0 radical (unpaired) electrons. The Bertz CT molecular complexity index is 873. The number of aromatic amines is 1. The Labute approximate surface area is 121 Å². The van der Waals surface area contributed by atoms with Crippen LogP contribution < -0.4 is 5.14 Å². The van der Waals surface area contributed by atoms with Gasteiger partial charge in [0.2, 0.25) is 10.0 Å². The van der Waals surface area contributed by atoms with Crippen molar-refractivity contribution in [2.75, 3.05) is 0 Å². The zero-order valence-electron chi connectivity index (χ0n) is 10.9. The first-order valence-electron chi connectivity index (χ1n) is 6.13. The van der Waals surface area contributed by atoms with Crippen LogP contribution in [-0.2, 0) is 10.0 Å². The molecule has 3 rings (SSSR count). The van der Waals surface area contributed by atoms with Crippen molar-refractivity contribution < 1.29 is 8.42 Å². The van der Waals surface area contributed by atoms with E-state index in [0.29, 0.717) is 11.3 Å². The second kappa shape index (κ2) is 5.12. The van der Waals surface area contributed by atoms with Gasteiger partial charge in [0.05, 0.1) is 16.8 Å². The van der Waals surface area contributed by atoms with E-state index in [1.807, 2.05) is 12.1 Å². The van der Waals surface area contributed by atoms with Crippen molar-refractivity contribution >= 4 is 10.0 Å². The predicted molar refractivity (Wildman–Crippen MR) is 78.6 cm³/mol. The fraction of sp³-hybridized carbons (Fsp3) is 0. The van der Waals surface area contributed by atoms with E-state index in [9.17, 15) is 8.42 Å². The Morgan fingerprint density at radius 1 is 1.00 bits per heavy atom. The molecule has 6 nitrogen and oxygen atoms in total. The van der Waals surface area contributed by atoms with E-state index in [0.717, 1.165) is 11.1 Å². The zero-order chi connectivity index (χ0) is 14.9. The summed E-state index contributed by atoms with van der Waals surface area (Å²) in [6, 6.07) is 10.2. The molecule has 0 amide bonds. The van der Waals surface area contributed by atoms with Gasteiger partial charge in [-0.25, -0.2) is 13.6 Å². The molecule has 0 saturated carbocycles. The van der Waals surface area contributed by atoms with Crippen LogP contribution in [0.25, 0.3) is 22.4 Å². The molecule has 0 bridgehead atoms. The van der Waals surface area contributed by atoms with Gasteiger partial charge in [-0.3, -0.25) is 10.1 Å². The molecule has 3 N–H and O–H groups in total. The number of benzene rings is 1. The van der Waals surface area contributed by atoms with Gasteiger partial charge in [0.25, 0.3) is 0 Å². The van der Waals surface area contributed by atoms with Gasteiger partial charge in [0, 0.05) is 23.5 Å². The summed E-state index contributed by atoms with van der Waals surface area (Å²) in [5.74, 6) is 0. The maximum absolute atomic E-state index is 11.7. The SMILES string of the molecule is NS(=O)(=O)c1ccccc1-c1[nH]ncc1-c1ccncc1. The van der Waals surface area contributed by atoms with Crippen molar-refractivity contribution in [2.45, 2.75) is 4.90 Å².